The van der Waals surface area contributed by atoms with E-state index in [1.54, 1.807) is 24.3 Å². The molecule has 7 heteroatoms. The summed E-state index contributed by atoms with van der Waals surface area (Å²) in [5.74, 6) is -0.496. The standard InChI is InChI=1S/C12H16N4O3/c13-10-6-19-5-9(10)11(17)15-7-1-3-8(4-2-7)16-12(14)18/h1-4,9-10H,5-6,13H2,(H,15,17)(H3,14,16,18). The summed E-state index contributed by atoms with van der Waals surface area (Å²) in [5.41, 5.74) is 11.9. The number of ether oxygens (including phenoxy) is 1. The molecule has 1 aromatic rings. The van der Waals surface area contributed by atoms with E-state index >= 15 is 0 Å². The zero-order chi connectivity index (χ0) is 13.8. The molecule has 0 aromatic heterocycles. The zero-order valence-electron chi connectivity index (χ0n) is 10.3. The van der Waals surface area contributed by atoms with Crippen LogP contribution in [0.4, 0.5) is 16.2 Å². The quantitative estimate of drug-likeness (QED) is 0.618. The number of nitrogens with one attached hydrogen (secondary N) is 2. The Morgan fingerprint density at radius 2 is 1.68 bits per heavy atom. The van der Waals surface area contributed by atoms with Crippen molar-refractivity contribution >= 4 is 23.3 Å². The molecule has 1 aliphatic rings. The number of carbonyl (C=O) groups is 2. The normalized spacial score (nSPS) is 21.9. The third kappa shape index (κ3) is 3.43. The number of urea groups is 1. The van der Waals surface area contributed by atoms with Gasteiger partial charge in [0, 0.05) is 17.4 Å². The highest BCUT2D eigenvalue weighted by Crippen LogP contribution is 2.17. The number of nitrogens with two attached hydrogens (primary N) is 2. The van der Waals surface area contributed by atoms with Crippen molar-refractivity contribution in [1.29, 1.82) is 0 Å². The van der Waals surface area contributed by atoms with Crippen LogP contribution in [0.2, 0.25) is 0 Å². The van der Waals surface area contributed by atoms with Gasteiger partial charge >= 0.3 is 6.03 Å². The summed E-state index contributed by atoms with van der Waals surface area (Å²) < 4.78 is 5.14. The van der Waals surface area contributed by atoms with Gasteiger partial charge in [-0.25, -0.2) is 4.79 Å². The molecule has 0 radical (unpaired) electrons. The van der Waals surface area contributed by atoms with Gasteiger partial charge in [0.05, 0.1) is 19.1 Å². The van der Waals surface area contributed by atoms with Crippen LogP contribution in [-0.2, 0) is 9.53 Å². The van der Waals surface area contributed by atoms with Gasteiger partial charge in [-0.1, -0.05) is 0 Å². The van der Waals surface area contributed by atoms with Gasteiger partial charge in [-0.15, -0.1) is 0 Å². The number of amides is 3. The minimum atomic E-state index is -0.633. The van der Waals surface area contributed by atoms with Crippen LogP contribution in [0.1, 0.15) is 0 Å². The average molecular weight is 264 g/mol. The summed E-state index contributed by atoms with van der Waals surface area (Å²) in [6.07, 6.45) is 0. The van der Waals surface area contributed by atoms with Crippen molar-refractivity contribution in [3.05, 3.63) is 24.3 Å². The second-order valence-corrected chi connectivity index (χ2v) is 4.36. The van der Waals surface area contributed by atoms with Crippen molar-refractivity contribution in [3.63, 3.8) is 0 Å². The summed E-state index contributed by atoms with van der Waals surface area (Å²) in [5, 5.41) is 5.19. The molecule has 1 saturated heterocycles. The fourth-order valence-corrected chi connectivity index (χ4v) is 1.86. The van der Waals surface area contributed by atoms with E-state index in [0.717, 1.165) is 0 Å². The maximum Gasteiger partial charge on any atom is 0.316 e. The molecule has 6 N–H and O–H groups in total. The van der Waals surface area contributed by atoms with Crippen molar-refractivity contribution in [3.8, 4) is 0 Å². The summed E-state index contributed by atoms with van der Waals surface area (Å²) in [7, 11) is 0. The molecule has 0 aliphatic carbocycles. The fourth-order valence-electron chi connectivity index (χ4n) is 1.86. The van der Waals surface area contributed by atoms with Crippen molar-refractivity contribution in [1.82, 2.24) is 0 Å². The molecule has 1 aromatic carbocycles. The Bertz CT molecular complexity index is 474. The average Bonchev–Trinajstić information content (AvgIpc) is 2.77. The monoisotopic (exact) mass is 264 g/mol. The van der Waals surface area contributed by atoms with E-state index in [0.29, 0.717) is 24.6 Å². The summed E-state index contributed by atoms with van der Waals surface area (Å²) in [6.45, 7) is 0.744. The van der Waals surface area contributed by atoms with Gasteiger partial charge < -0.3 is 26.8 Å². The van der Waals surface area contributed by atoms with Crippen molar-refractivity contribution in [2.75, 3.05) is 23.8 Å². The van der Waals surface area contributed by atoms with E-state index in [4.69, 9.17) is 16.2 Å². The lowest BCUT2D eigenvalue weighted by molar-refractivity contribution is -0.120. The number of hydrogen-bond donors (Lipinski definition) is 4. The van der Waals surface area contributed by atoms with E-state index in [1.807, 2.05) is 0 Å². The largest absolute Gasteiger partial charge is 0.379 e. The second-order valence-electron chi connectivity index (χ2n) is 4.36. The number of hydrogen-bond acceptors (Lipinski definition) is 4. The molecule has 7 nitrogen and oxygen atoms in total. The van der Waals surface area contributed by atoms with E-state index in [-0.39, 0.29) is 17.9 Å². The van der Waals surface area contributed by atoms with Gasteiger partial charge in [0.15, 0.2) is 0 Å². The smallest absolute Gasteiger partial charge is 0.316 e. The number of primary amides is 1. The lowest BCUT2D eigenvalue weighted by Crippen LogP contribution is -2.37. The van der Waals surface area contributed by atoms with Gasteiger partial charge in [-0.05, 0) is 24.3 Å². The highest BCUT2D eigenvalue weighted by atomic mass is 16.5. The molecule has 2 rings (SSSR count). The lowest BCUT2D eigenvalue weighted by atomic mass is 10.0. The van der Waals surface area contributed by atoms with Gasteiger partial charge in [0.25, 0.3) is 0 Å². The molecule has 1 heterocycles. The van der Waals surface area contributed by atoms with Crippen LogP contribution >= 0.6 is 0 Å². The molecule has 19 heavy (non-hydrogen) atoms. The first-order valence-corrected chi connectivity index (χ1v) is 5.87. The topological polar surface area (TPSA) is 119 Å². The Labute approximate surface area is 110 Å². The third-order valence-corrected chi connectivity index (χ3v) is 2.88. The molecule has 1 fully saturated rings. The summed E-state index contributed by atoms with van der Waals surface area (Å²) >= 11 is 0. The Morgan fingerprint density at radius 3 is 2.16 bits per heavy atom. The molecule has 2 atom stereocenters. The molecule has 0 saturated carbocycles. The van der Waals surface area contributed by atoms with Gasteiger partial charge in [-0.2, -0.15) is 0 Å². The van der Waals surface area contributed by atoms with Crippen LogP contribution in [-0.4, -0.2) is 31.2 Å². The molecular weight excluding hydrogens is 248 g/mol. The van der Waals surface area contributed by atoms with Crippen LogP contribution in [0.5, 0.6) is 0 Å². The Hall–Kier alpha value is -2.12. The summed E-state index contributed by atoms with van der Waals surface area (Å²) in [6, 6.07) is 5.73. The molecular formula is C12H16N4O3. The van der Waals surface area contributed by atoms with Crippen LogP contribution in [0.3, 0.4) is 0 Å². The first kappa shape index (κ1) is 13.3. The highest BCUT2D eigenvalue weighted by Gasteiger charge is 2.31. The number of anilines is 2. The Morgan fingerprint density at radius 1 is 1.11 bits per heavy atom. The Balaban J connectivity index is 1.95. The fraction of sp³-hybridized carbons (Fsp3) is 0.333. The second kappa shape index (κ2) is 5.68. The van der Waals surface area contributed by atoms with E-state index in [1.165, 1.54) is 0 Å². The SMILES string of the molecule is NC(=O)Nc1ccc(NC(=O)C2COCC2N)cc1. The third-order valence-electron chi connectivity index (χ3n) is 2.88. The first-order chi connectivity index (χ1) is 9.06. The molecule has 0 bridgehead atoms. The minimum Gasteiger partial charge on any atom is -0.379 e. The van der Waals surface area contributed by atoms with Crippen LogP contribution < -0.4 is 22.1 Å². The van der Waals surface area contributed by atoms with Crippen LogP contribution in [0, 0.1) is 5.92 Å². The number of carbonyl (C=O) groups excluding carboxylic acids is 2. The molecule has 3 amide bonds. The highest BCUT2D eigenvalue weighted by molar-refractivity contribution is 5.94. The predicted octanol–water partition coefficient (Wildman–Crippen LogP) is 0.0894. The van der Waals surface area contributed by atoms with Crippen LogP contribution in [0.15, 0.2) is 24.3 Å². The van der Waals surface area contributed by atoms with Crippen LogP contribution in [0.25, 0.3) is 0 Å². The van der Waals surface area contributed by atoms with Gasteiger partial charge in [0.1, 0.15) is 0 Å². The molecule has 1 aliphatic heterocycles. The zero-order valence-corrected chi connectivity index (χ0v) is 10.3. The maximum atomic E-state index is 11.9. The first-order valence-electron chi connectivity index (χ1n) is 5.87. The number of rotatable bonds is 3. The van der Waals surface area contributed by atoms with Gasteiger partial charge in [-0.3, -0.25) is 4.79 Å². The maximum absolute atomic E-state index is 11.9. The Kier molecular flexibility index (Phi) is 3.98. The molecule has 102 valence electrons. The van der Waals surface area contributed by atoms with E-state index in [9.17, 15) is 9.59 Å². The van der Waals surface area contributed by atoms with E-state index < -0.39 is 6.03 Å². The predicted molar refractivity (Wildman–Crippen MR) is 70.6 cm³/mol. The molecule has 0 spiro atoms. The van der Waals surface area contributed by atoms with Crippen molar-refractivity contribution < 1.29 is 14.3 Å². The lowest BCUT2D eigenvalue weighted by Gasteiger charge is -2.13. The molecule has 2 unspecified atom stereocenters. The van der Waals surface area contributed by atoms with Crippen molar-refractivity contribution in [2.24, 2.45) is 17.4 Å². The van der Waals surface area contributed by atoms with Gasteiger partial charge in [0.2, 0.25) is 5.91 Å². The number of benzene rings is 1. The summed E-state index contributed by atoms with van der Waals surface area (Å²) in [4.78, 5) is 22.6. The van der Waals surface area contributed by atoms with Crippen molar-refractivity contribution in [2.45, 2.75) is 6.04 Å². The van der Waals surface area contributed by atoms with E-state index in [2.05, 4.69) is 10.6 Å². The minimum absolute atomic E-state index is 0.166.